The van der Waals surface area contributed by atoms with E-state index in [4.69, 9.17) is 50.0 Å². The largest absolute Gasteiger partial charge is 0.496 e. The Labute approximate surface area is 177 Å². The fraction of sp³-hybridized carbons (Fsp3) is 0.150. The van der Waals surface area contributed by atoms with Gasteiger partial charge in [0.1, 0.15) is 17.7 Å². The van der Waals surface area contributed by atoms with Gasteiger partial charge in [-0.1, -0.05) is 34.8 Å². The molecule has 0 aliphatic heterocycles. The van der Waals surface area contributed by atoms with Gasteiger partial charge in [0.05, 0.1) is 12.1 Å². The van der Waals surface area contributed by atoms with Crippen LogP contribution in [0.25, 0.3) is 11.1 Å². The Morgan fingerprint density at radius 2 is 1.82 bits per heavy atom. The molecule has 0 aliphatic rings. The third kappa shape index (κ3) is 4.12. The van der Waals surface area contributed by atoms with Crippen LogP contribution in [0.5, 0.6) is 11.5 Å². The molecule has 146 valence electrons. The maximum Gasteiger partial charge on any atom is 0.166 e. The standard InChI is InChI=1S/C20H16Cl3FN2O2/c1-10(18-14(22)4-5-15(24)19(18)23)28-17-7-11(9-26-20(17)25)13-8-12(21)3-6-16(13)27-2/h3-10H,1-2H3,(H2,25,26). The number of anilines is 1. The monoisotopic (exact) mass is 440 g/mol. The van der Waals surface area contributed by atoms with Crippen LogP contribution in [0.1, 0.15) is 18.6 Å². The van der Waals surface area contributed by atoms with E-state index in [1.807, 2.05) is 0 Å². The van der Waals surface area contributed by atoms with Gasteiger partial charge in [0.25, 0.3) is 0 Å². The first kappa shape index (κ1) is 20.5. The highest BCUT2D eigenvalue weighted by Gasteiger charge is 2.20. The summed E-state index contributed by atoms with van der Waals surface area (Å²) >= 11 is 18.4. The lowest BCUT2D eigenvalue weighted by Gasteiger charge is -2.19. The Bertz CT molecular complexity index is 1030. The predicted molar refractivity (Wildman–Crippen MR) is 111 cm³/mol. The van der Waals surface area contributed by atoms with Crippen molar-refractivity contribution in [2.45, 2.75) is 13.0 Å². The molecule has 0 saturated heterocycles. The maximum atomic E-state index is 13.8. The van der Waals surface area contributed by atoms with Gasteiger partial charge in [0.15, 0.2) is 11.6 Å². The fourth-order valence-electron chi connectivity index (χ4n) is 2.77. The molecule has 0 saturated carbocycles. The lowest BCUT2D eigenvalue weighted by Crippen LogP contribution is -2.08. The Morgan fingerprint density at radius 1 is 1.07 bits per heavy atom. The van der Waals surface area contributed by atoms with Crippen molar-refractivity contribution in [2.75, 3.05) is 12.8 Å². The van der Waals surface area contributed by atoms with Crippen LogP contribution in [0.15, 0.2) is 42.6 Å². The molecule has 2 N–H and O–H groups in total. The minimum Gasteiger partial charge on any atom is -0.496 e. The molecule has 1 aromatic heterocycles. The topological polar surface area (TPSA) is 57.4 Å². The average molecular weight is 442 g/mol. The molecular formula is C20H16Cl3FN2O2. The summed E-state index contributed by atoms with van der Waals surface area (Å²) in [5.74, 6) is 0.495. The normalized spacial score (nSPS) is 11.9. The molecule has 0 spiro atoms. The molecule has 0 aliphatic carbocycles. The van der Waals surface area contributed by atoms with E-state index >= 15 is 0 Å². The van der Waals surface area contributed by atoms with Gasteiger partial charge in [0.2, 0.25) is 0 Å². The number of benzene rings is 2. The second-order valence-electron chi connectivity index (χ2n) is 5.97. The minimum absolute atomic E-state index is 0.0980. The first-order valence-electron chi connectivity index (χ1n) is 8.21. The van der Waals surface area contributed by atoms with Gasteiger partial charge in [-0.25, -0.2) is 9.37 Å². The summed E-state index contributed by atoms with van der Waals surface area (Å²) < 4.78 is 25.1. The zero-order chi connectivity index (χ0) is 20.4. The molecule has 0 fully saturated rings. The Morgan fingerprint density at radius 3 is 2.54 bits per heavy atom. The molecular weight excluding hydrogens is 426 g/mol. The lowest BCUT2D eigenvalue weighted by molar-refractivity contribution is 0.227. The van der Waals surface area contributed by atoms with Gasteiger partial charge in [-0.3, -0.25) is 0 Å². The van der Waals surface area contributed by atoms with E-state index in [0.717, 1.165) is 5.56 Å². The molecule has 1 atom stereocenters. The smallest absolute Gasteiger partial charge is 0.166 e. The SMILES string of the molecule is COc1ccc(Cl)cc1-c1cnc(N)c(OC(C)c2c(Cl)ccc(F)c2Cl)c1. The molecule has 0 amide bonds. The van der Waals surface area contributed by atoms with Crippen molar-refractivity contribution < 1.29 is 13.9 Å². The number of halogens is 4. The third-order valence-electron chi connectivity index (χ3n) is 4.14. The zero-order valence-electron chi connectivity index (χ0n) is 15.0. The quantitative estimate of drug-likeness (QED) is 0.454. The molecule has 0 bridgehead atoms. The number of rotatable bonds is 5. The second kappa shape index (κ2) is 8.43. The Balaban J connectivity index is 2.00. The number of nitrogen functional groups attached to an aromatic ring is 1. The van der Waals surface area contributed by atoms with Crippen LogP contribution < -0.4 is 15.2 Å². The van der Waals surface area contributed by atoms with E-state index in [1.165, 1.54) is 12.1 Å². The van der Waals surface area contributed by atoms with Crippen LogP contribution in [0, 0.1) is 5.82 Å². The highest BCUT2D eigenvalue weighted by molar-refractivity contribution is 6.36. The van der Waals surface area contributed by atoms with Gasteiger partial charge in [-0.05, 0) is 43.3 Å². The van der Waals surface area contributed by atoms with Gasteiger partial charge in [-0.2, -0.15) is 0 Å². The fourth-order valence-corrected chi connectivity index (χ4v) is 3.62. The van der Waals surface area contributed by atoms with Crippen molar-refractivity contribution in [3.8, 4) is 22.6 Å². The summed E-state index contributed by atoms with van der Waals surface area (Å²) in [6.45, 7) is 1.69. The van der Waals surface area contributed by atoms with Crippen LogP contribution in [0.2, 0.25) is 15.1 Å². The summed E-state index contributed by atoms with van der Waals surface area (Å²) in [6.07, 6.45) is 0.916. The van der Waals surface area contributed by atoms with Crippen molar-refractivity contribution in [3.05, 3.63) is 69.0 Å². The Hall–Kier alpha value is -2.21. The van der Waals surface area contributed by atoms with E-state index in [1.54, 1.807) is 44.5 Å². The Kier molecular flexibility index (Phi) is 6.18. The molecule has 8 heteroatoms. The average Bonchev–Trinajstić information content (AvgIpc) is 2.67. The number of methoxy groups -OCH3 is 1. The van der Waals surface area contributed by atoms with Crippen LogP contribution in [-0.4, -0.2) is 12.1 Å². The highest BCUT2D eigenvalue weighted by Crippen LogP contribution is 2.38. The van der Waals surface area contributed by atoms with Crippen LogP contribution in [-0.2, 0) is 0 Å². The van der Waals surface area contributed by atoms with Crippen molar-refractivity contribution >= 4 is 40.6 Å². The molecule has 1 heterocycles. The van der Waals surface area contributed by atoms with E-state index in [2.05, 4.69) is 4.98 Å². The lowest BCUT2D eigenvalue weighted by atomic mass is 10.1. The predicted octanol–water partition coefficient (Wildman–Crippen LogP) is 6.58. The maximum absolute atomic E-state index is 13.8. The van der Waals surface area contributed by atoms with Gasteiger partial charge in [0, 0.05) is 32.9 Å². The molecule has 2 aromatic carbocycles. The molecule has 28 heavy (non-hydrogen) atoms. The van der Waals surface area contributed by atoms with Gasteiger partial charge >= 0.3 is 0 Å². The second-order valence-corrected chi connectivity index (χ2v) is 7.19. The number of nitrogens with zero attached hydrogens (tertiary/aromatic N) is 1. The number of pyridine rings is 1. The summed E-state index contributed by atoms with van der Waals surface area (Å²) in [6, 6.07) is 9.55. The number of ether oxygens (including phenoxy) is 2. The first-order valence-corrected chi connectivity index (χ1v) is 9.34. The van der Waals surface area contributed by atoms with Gasteiger partial charge in [-0.15, -0.1) is 0 Å². The van der Waals surface area contributed by atoms with Crippen LogP contribution in [0.4, 0.5) is 10.2 Å². The molecule has 3 rings (SSSR count). The third-order valence-corrected chi connectivity index (χ3v) is 5.09. The van der Waals surface area contributed by atoms with Crippen molar-refractivity contribution in [3.63, 3.8) is 0 Å². The van der Waals surface area contributed by atoms with Crippen molar-refractivity contribution in [1.29, 1.82) is 0 Å². The van der Waals surface area contributed by atoms with E-state index < -0.39 is 11.9 Å². The summed E-state index contributed by atoms with van der Waals surface area (Å²) in [7, 11) is 1.56. The van der Waals surface area contributed by atoms with Crippen LogP contribution >= 0.6 is 34.8 Å². The molecule has 3 aromatic rings. The zero-order valence-corrected chi connectivity index (χ0v) is 17.2. The van der Waals surface area contributed by atoms with Crippen LogP contribution in [0.3, 0.4) is 0 Å². The highest BCUT2D eigenvalue weighted by atomic mass is 35.5. The number of hydrogen-bond acceptors (Lipinski definition) is 4. The number of aromatic nitrogens is 1. The molecule has 1 unspecified atom stereocenters. The summed E-state index contributed by atoms with van der Waals surface area (Å²) in [5.41, 5.74) is 7.71. The summed E-state index contributed by atoms with van der Waals surface area (Å²) in [5, 5.41) is 0.735. The molecule has 0 radical (unpaired) electrons. The van der Waals surface area contributed by atoms with Crippen molar-refractivity contribution in [2.24, 2.45) is 0 Å². The van der Waals surface area contributed by atoms with E-state index in [0.29, 0.717) is 27.6 Å². The van der Waals surface area contributed by atoms with Crippen molar-refractivity contribution in [1.82, 2.24) is 4.98 Å². The molecule has 4 nitrogen and oxygen atoms in total. The summed E-state index contributed by atoms with van der Waals surface area (Å²) in [4.78, 5) is 4.18. The van der Waals surface area contributed by atoms with E-state index in [-0.39, 0.29) is 15.9 Å². The number of hydrogen-bond donors (Lipinski definition) is 1. The number of nitrogens with two attached hydrogens (primary N) is 1. The minimum atomic E-state index is -0.670. The van der Waals surface area contributed by atoms with Gasteiger partial charge < -0.3 is 15.2 Å². The first-order chi connectivity index (χ1) is 13.3. The van der Waals surface area contributed by atoms with E-state index in [9.17, 15) is 4.39 Å².